The Morgan fingerprint density at radius 2 is 2.35 bits per heavy atom. The van der Waals surface area contributed by atoms with Crippen LogP contribution in [-0.4, -0.2) is 42.0 Å². The highest BCUT2D eigenvalue weighted by molar-refractivity contribution is 6.32. The van der Waals surface area contributed by atoms with Crippen LogP contribution in [0.2, 0.25) is 5.15 Å². The van der Waals surface area contributed by atoms with Gasteiger partial charge in [0.2, 0.25) is 5.91 Å². The molecular weight excluding hydrogens is 301 g/mol. The minimum absolute atomic E-state index is 0. The largest absolute Gasteiger partial charge is 0.490 e. The predicted octanol–water partition coefficient (Wildman–Crippen LogP) is 2.51. The summed E-state index contributed by atoms with van der Waals surface area (Å²) < 4.78 is 5.77. The maximum absolute atomic E-state index is 11.1. The molecule has 1 N–H and O–H groups in total. The molecule has 5 nitrogen and oxygen atoms in total. The van der Waals surface area contributed by atoms with Crippen molar-refractivity contribution in [3.05, 3.63) is 16.9 Å². The van der Waals surface area contributed by atoms with E-state index < -0.39 is 0 Å². The fourth-order valence-electron chi connectivity index (χ4n) is 1.95. The number of amides is 1. The normalized spacial score (nSPS) is 17.9. The monoisotopic (exact) mass is 319 g/mol. The molecular formula is C13H19Cl2N3O2. The number of rotatable bonds is 4. The van der Waals surface area contributed by atoms with Crippen molar-refractivity contribution in [2.75, 3.05) is 25.5 Å². The van der Waals surface area contributed by atoms with Crippen molar-refractivity contribution in [2.24, 2.45) is 0 Å². The second kappa shape index (κ2) is 7.11. The molecule has 0 bridgehead atoms. The molecule has 0 spiro atoms. The quantitative estimate of drug-likeness (QED) is 0.866. The van der Waals surface area contributed by atoms with E-state index in [0.717, 1.165) is 18.7 Å². The Morgan fingerprint density at radius 1 is 1.65 bits per heavy atom. The first-order valence-electron chi connectivity index (χ1n) is 6.25. The number of carbonyl (C=O) groups is 1. The van der Waals surface area contributed by atoms with Crippen LogP contribution in [0.25, 0.3) is 0 Å². The number of nitrogens with zero attached hydrogens (tertiary/aromatic N) is 2. The van der Waals surface area contributed by atoms with Gasteiger partial charge < -0.3 is 10.1 Å². The number of aromatic nitrogens is 1. The summed E-state index contributed by atoms with van der Waals surface area (Å²) in [6.07, 6.45) is 1.15. The zero-order valence-corrected chi connectivity index (χ0v) is 13.3. The molecule has 1 fully saturated rings. The van der Waals surface area contributed by atoms with Crippen LogP contribution in [0.15, 0.2) is 6.07 Å². The average molecular weight is 320 g/mol. The van der Waals surface area contributed by atoms with E-state index in [1.54, 1.807) is 6.07 Å². The second-order valence-electron chi connectivity index (χ2n) is 4.83. The van der Waals surface area contributed by atoms with Crippen molar-refractivity contribution in [2.45, 2.75) is 26.3 Å². The van der Waals surface area contributed by atoms with Gasteiger partial charge in [-0.3, -0.25) is 9.69 Å². The molecule has 1 saturated heterocycles. The highest BCUT2D eigenvalue weighted by Crippen LogP contribution is 2.28. The van der Waals surface area contributed by atoms with Gasteiger partial charge in [0.05, 0.1) is 11.4 Å². The van der Waals surface area contributed by atoms with Gasteiger partial charge in [-0.15, -0.1) is 12.4 Å². The second-order valence-corrected chi connectivity index (χ2v) is 5.18. The van der Waals surface area contributed by atoms with Crippen LogP contribution in [-0.2, 0) is 4.79 Å². The van der Waals surface area contributed by atoms with Crippen LogP contribution in [0, 0.1) is 6.92 Å². The fraction of sp³-hybridized carbons (Fsp3) is 0.538. The maximum Gasteiger partial charge on any atom is 0.221 e. The van der Waals surface area contributed by atoms with Crippen molar-refractivity contribution in [1.82, 2.24) is 9.88 Å². The van der Waals surface area contributed by atoms with E-state index in [2.05, 4.69) is 22.2 Å². The fourth-order valence-corrected chi connectivity index (χ4v) is 2.18. The van der Waals surface area contributed by atoms with Crippen LogP contribution in [0.4, 0.5) is 5.69 Å². The predicted molar refractivity (Wildman–Crippen MR) is 82.1 cm³/mol. The minimum Gasteiger partial charge on any atom is -0.490 e. The van der Waals surface area contributed by atoms with Gasteiger partial charge in [0.15, 0.2) is 5.15 Å². The van der Waals surface area contributed by atoms with Crippen molar-refractivity contribution in [3.8, 4) is 5.75 Å². The Hall–Kier alpha value is -1.04. The summed E-state index contributed by atoms with van der Waals surface area (Å²) in [7, 11) is 2.08. The summed E-state index contributed by atoms with van der Waals surface area (Å²) in [5.41, 5.74) is 1.21. The first kappa shape index (κ1) is 17.0. The number of nitrogens with one attached hydrogen (secondary N) is 1. The molecule has 1 amide bonds. The molecule has 1 aromatic rings. The molecule has 112 valence electrons. The van der Waals surface area contributed by atoms with Crippen LogP contribution in [0.5, 0.6) is 5.75 Å². The third-order valence-electron chi connectivity index (χ3n) is 3.30. The van der Waals surface area contributed by atoms with Crippen molar-refractivity contribution in [1.29, 1.82) is 0 Å². The molecule has 7 heteroatoms. The van der Waals surface area contributed by atoms with Crippen molar-refractivity contribution >= 4 is 35.6 Å². The number of likely N-dealkylation sites (N-methyl/N-ethyl adjacent to an activating group) is 1. The Balaban J connectivity index is 0.00000200. The highest BCUT2D eigenvalue weighted by atomic mass is 35.5. The Bertz CT molecular complexity index is 497. The summed E-state index contributed by atoms with van der Waals surface area (Å²) in [4.78, 5) is 17.5. The molecule has 0 radical (unpaired) electrons. The SMILES string of the molecule is CC(=O)Nc1cc(OC[C@@H]2CCN2C)c(C)nc1Cl.Cl. The van der Waals surface area contributed by atoms with Gasteiger partial charge in [-0.05, 0) is 26.9 Å². The van der Waals surface area contributed by atoms with E-state index >= 15 is 0 Å². The number of likely N-dealkylation sites (tertiary alicyclic amines) is 1. The van der Waals surface area contributed by atoms with E-state index in [-0.39, 0.29) is 23.5 Å². The van der Waals surface area contributed by atoms with Gasteiger partial charge in [0, 0.05) is 19.0 Å². The zero-order chi connectivity index (χ0) is 14.0. The van der Waals surface area contributed by atoms with Crippen LogP contribution in [0.3, 0.4) is 0 Å². The topological polar surface area (TPSA) is 54.5 Å². The first-order chi connectivity index (χ1) is 8.97. The van der Waals surface area contributed by atoms with Gasteiger partial charge in [-0.2, -0.15) is 0 Å². The number of aryl methyl sites for hydroxylation is 1. The smallest absolute Gasteiger partial charge is 0.221 e. The number of anilines is 1. The zero-order valence-electron chi connectivity index (χ0n) is 11.8. The summed E-state index contributed by atoms with van der Waals surface area (Å²) in [5.74, 6) is 0.477. The maximum atomic E-state index is 11.1. The lowest BCUT2D eigenvalue weighted by atomic mass is 10.1. The first-order valence-corrected chi connectivity index (χ1v) is 6.63. The molecule has 0 unspecified atom stereocenters. The summed E-state index contributed by atoms with van der Waals surface area (Å²) in [6, 6.07) is 2.18. The number of halogens is 2. The Kier molecular flexibility index (Phi) is 6.05. The third kappa shape index (κ3) is 3.98. The van der Waals surface area contributed by atoms with E-state index in [1.807, 2.05) is 6.92 Å². The number of carbonyl (C=O) groups excluding carboxylic acids is 1. The molecule has 0 saturated carbocycles. The number of ether oxygens (including phenoxy) is 1. The molecule has 2 rings (SSSR count). The lowest BCUT2D eigenvalue weighted by molar-refractivity contribution is -0.114. The molecule has 1 aliphatic heterocycles. The Morgan fingerprint density at radius 3 is 2.85 bits per heavy atom. The lowest BCUT2D eigenvalue weighted by Crippen LogP contribution is -2.48. The van der Waals surface area contributed by atoms with Crippen LogP contribution < -0.4 is 10.1 Å². The van der Waals surface area contributed by atoms with E-state index in [4.69, 9.17) is 16.3 Å². The third-order valence-corrected chi connectivity index (χ3v) is 3.59. The van der Waals surface area contributed by atoms with E-state index in [0.29, 0.717) is 24.1 Å². The molecule has 0 aliphatic carbocycles. The van der Waals surface area contributed by atoms with E-state index in [9.17, 15) is 4.79 Å². The van der Waals surface area contributed by atoms with Gasteiger partial charge in [0.25, 0.3) is 0 Å². The Labute approximate surface area is 130 Å². The number of pyridine rings is 1. The highest BCUT2D eigenvalue weighted by Gasteiger charge is 2.24. The van der Waals surface area contributed by atoms with Gasteiger partial charge in [-0.25, -0.2) is 4.98 Å². The van der Waals surface area contributed by atoms with Gasteiger partial charge in [-0.1, -0.05) is 11.6 Å². The van der Waals surface area contributed by atoms with Crippen molar-refractivity contribution in [3.63, 3.8) is 0 Å². The standard InChI is InChI=1S/C13H18ClN3O2.ClH/c1-8-12(19-7-10-4-5-17(10)3)6-11(13(14)15-8)16-9(2)18;/h6,10H,4-5,7H2,1-3H3,(H,16,18);1H/t10-;/m0./s1. The van der Waals surface area contributed by atoms with Crippen molar-refractivity contribution < 1.29 is 9.53 Å². The molecule has 0 aromatic carbocycles. The molecule has 1 aromatic heterocycles. The van der Waals surface area contributed by atoms with Gasteiger partial charge in [0.1, 0.15) is 12.4 Å². The minimum atomic E-state index is -0.183. The molecule has 20 heavy (non-hydrogen) atoms. The summed E-state index contributed by atoms with van der Waals surface area (Å²) in [5, 5.41) is 2.92. The molecule has 1 atom stereocenters. The number of hydrogen-bond donors (Lipinski definition) is 1. The lowest BCUT2D eigenvalue weighted by Gasteiger charge is -2.37. The molecule has 1 aliphatic rings. The van der Waals surface area contributed by atoms with Crippen LogP contribution in [0.1, 0.15) is 19.0 Å². The number of hydrogen-bond acceptors (Lipinski definition) is 4. The van der Waals surface area contributed by atoms with Gasteiger partial charge >= 0.3 is 0 Å². The summed E-state index contributed by atoms with van der Waals surface area (Å²) >= 11 is 5.98. The van der Waals surface area contributed by atoms with Crippen LogP contribution >= 0.6 is 24.0 Å². The molecule has 2 heterocycles. The summed E-state index contributed by atoms with van der Waals surface area (Å²) in [6.45, 7) is 5.01. The van der Waals surface area contributed by atoms with E-state index in [1.165, 1.54) is 6.92 Å². The average Bonchev–Trinajstić information content (AvgIpc) is 2.32.